The van der Waals surface area contributed by atoms with E-state index >= 15 is 0 Å². The van der Waals surface area contributed by atoms with Gasteiger partial charge >= 0.3 is 0 Å². The van der Waals surface area contributed by atoms with Gasteiger partial charge in [-0.25, -0.2) is 0 Å². The number of benzene rings is 1. The van der Waals surface area contributed by atoms with Crippen LogP contribution in [0.4, 0.5) is 0 Å². The number of aryl methyl sites for hydroxylation is 1. The average Bonchev–Trinajstić information content (AvgIpc) is 2.81. The Morgan fingerprint density at radius 3 is 2.25 bits per heavy atom. The molecule has 4 nitrogen and oxygen atoms in total. The van der Waals surface area contributed by atoms with Gasteiger partial charge in [0.2, 0.25) is 0 Å². The number of carbonyl (C=O) groups excluding carboxylic acids is 1. The molecule has 0 aliphatic carbocycles. The topological polar surface area (TPSA) is 34.5 Å². The smallest absolute Gasteiger partial charge is 0.270 e. The van der Waals surface area contributed by atoms with Crippen LogP contribution >= 0.6 is 0 Å². The van der Waals surface area contributed by atoms with Crippen LogP contribution in [0.15, 0.2) is 24.3 Å². The lowest BCUT2D eigenvalue weighted by Gasteiger charge is -2.27. The zero-order valence-electron chi connectivity index (χ0n) is 15.1. The van der Waals surface area contributed by atoms with Gasteiger partial charge in [-0.2, -0.15) is 0 Å². The van der Waals surface area contributed by atoms with E-state index in [0.717, 1.165) is 17.8 Å². The first-order chi connectivity index (χ1) is 11.5. The second-order valence-electron chi connectivity index (χ2n) is 6.66. The van der Waals surface area contributed by atoms with E-state index in [-0.39, 0.29) is 5.91 Å². The number of carbonyl (C=O) groups is 1. The van der Waals surface area contributed by atoms with E-state index < -0.39 is 0 Å². The van der Waals surface area contributed by atoms with Crippen molar-refractivity contribution in [3.8, 4) is 0 Å². The van der Waals surface area contributed by atoms with Crippen LogP contribution < -0.4 is 0 Å². The third-order valence-electron chi connectivity index (χ3n) is 5.10. The molecule has 0 radical (unpaired) electrons. The second kappa shape index (κ2) is 6.81. The molecule has 0 N–H and O–H groups in total. The number of ether oxygens (including phenoxy) is 1. The molecule has 1 aliphatic rings. The molecule has 1 aliphatic heterocycles. The van der Waals surface area contributed by atoms with Crippen molar-refractivity contribution in [1.29, 1.82) is 0 Å². The average molecular weight is 326 g/mol. The maximum absolute atomic E-state index is 13.1. The molecule has 0 bridgehead atoms. The number of aromatic nitrogens is 1. The van der Waals surface area contributed by atoms with Crippen molar-refractivity contribution < 1.29 is 9.53 Å². The highest BCUT2D eigenvalue weighted by Gasteiger charge is 2.26. The number of hydrogen-bond acceptors (Lipinski definition) is 2. The summed E-state index contributed by atoms with van der Waals surface area (Å²) in [4.78, 5) is 15.0. The Kier molecular flexibility index (Phi) is 4.76. The van der Waals surface area contributed by atoms with Gasteiger partial charge in [0.15, 0.2) is 0 Å². The maximum atomic E-state index is 13.1. The number of hydrogen-bond donors (Lipinski definition) is 0. The standard InChI is InChI=1S/C20H26N2O2/c1-14-5-7-18(8-6-14)13-22-17(4)15(2)16(3)19(22)20(23)21-9-11-24-12-10-21/h5-8H,9-13H2,1-4H3. The van der Waals surface area contributed by atoms with Gasteiger partial charge < -0.3 is 14.2 Å². The zero-order chi connectivity index (χ0) is 17.3. The van der Waals surface area contributed by atoms with Gasteiger partial charge in [0.25, 0.3) is 5.91 Å². The molecule has 3 rings (SSSR count). The normalized spacial score (nSPS) is 14.9. The minimum atomic E-state index is 0.124. The summed E-state index contributed by atoms with van der Waals surface area (Å²) in [5, 5.41) is 0. The highest BCUT2D eigenvalue weighted by Crippen LogP contribution is 2.24. The number of amides is 1. The Labute approximate surface area is 144 Å². The molecule has 1 amide bonds. The minimum Gasteiger partial charge on any atom is -0.378 e. The lowest BCUT2D eigenvalue weighted by atomic mass is 10.1. The Hall–Kier alpha value is -2.07. The van der Waals surface area contributed by atoms with Gasteiger partial charge in [-0.05, 0) is 44.4 Å². The van der Waals surface area contributed by atoms with Gasteiger partial charge in [0.1, 0.15) is 5.69 Å². The summed E-state index contributed by atoms with van der Waals surface area (Å²) in [5.41, 5.74) is 6.77. The largest absolute Gasteiger partial charge is 0.378 e. The molecule has 2 heterocycles. The van der Waals surface area contributed by atoms with E-state index in [1.165, 1.54) is 22.4 Å². The van der Waals surface area contributed by atoms with E-state index in [1.54, 1.807) is 0 Å². The molecular weight excluding hydrogens is 300 g/mol. The highest BCUT2D eigenvalue weighted by atomic mass is 16.5. The molecule has 1 fully saturated rings. The zero-order valence-corrected chi connectivity index (χ0v) is 15.1. The van der Waals surface area contributed by atoms with Crippen LogP contribution in [0.3, 0.4) is 0 Å². The Morgan fingerprint density at radius 1 is 1.00 bits per heavy atom. The Bertz CT molecular complexity index is 738. The van der Waals surface area contributed by atoms with Crippen LogP contribution in [0.5, 0.6) is 0 Å². The maximum Gasteiger partial charge on any atom is 0.270 e. The van der Waals surface area contributed by atoms with Gasteiger partial charge in [0.05, 0.1) is 13.2 Å². The predicted octanol–water partition coefficient (Wildman–Crippen LogP) is 3.24. The molecule has 2 aromatic rings. The van der Waals surface area contributed by atoms with Crippen LogP contribution in [0.2, 0.25) is 0 Å². The second-order valence-corrected chi connectivity index (χ2v) is 6.66. The first-order valence-corrected chi connectivity index (χ1v) is 8.58. The lowest BCUT2D eigenvalue weighted by molar-refractivity contribution is 0.0295. The summed E-state index contributed by atoms with van der Waals surface area (Å²) in [7, 11) is 0. The fraction of sp³-hybridized carbons (Fsp3) is 0.450. The summed E-state index contributed by atoms with van der Waals surface area (Å²) in [6.45, 7) is 11.7. The SMILES string of the molecule is Cc1ccc(Cn2c(C)c(C)c(C)c2C(=O)N2CCOCC2)cc1. The van der Waals surface area contributed by atoms with E-state index in [0.29, 0.717) is 26.3 Å². The summed E-state index contributed by atoms with van der Waals surface area (Å²) in [6, 6.07) is 8.53. The van der Waals surface area contributed by atoms with Crippen molar-refractivity contribution in [1.82, 2.24) is 9.47 Å². The van der Waals surface area contributed by atoms with Gasteiger partial charge in [-0.3, -0.25) is 4.79 Å². The van der Waals surface area contributed by atoms with Gasteiger partial charge in [-0.15, -0.1) is 0 Å². The van der Waals surface area contributed by atoms with Crippen molar-refractivity contribution in [2.45, 2.75) is 34.2 Å². The van der Waals surface area contributed by atoms with Crippen molar-refractivity contribution in [3.05, 3.63) is 57.9 Å². The van der Waals surface area contributed by atoms with Crippen LogP contribution in [0.25, 0.3) is 0 Å². The summed E-state index contributed by atoms with van der Waals surface area (Å²) in [6.07, 6.45) is 0. The third-order valence-corrected chi connectivity index (χ3v) is 5.10. The van der Waals surface area contributed by atoms with Crippen molar-refractivity contribution in [2.24, 2.45) is 0 Å². The third kappa shape index (κ3) is 3.11. The van der Waals surface area contributed by atoms with Crippen LogP contribution in [-0.4, -0.2) is 41.7 Å². The molecule has 24 heavy (non-hydrogen) atoms. The van der Waals surface area contributed by atoms with E-state index in [2.05, 4.69) is 56.5 Å². The molecule has 1 saturated heterocycles. The Balaban J connectivity index is 1.97. The van der Waals surface area contributed by atoms with Crippen LogP contribution in [0, 0.1) is 27.7 Å². The van der Waals surface area contributed by atoms with Gasteiger partial charge in [-0.1, -0.05) is 29.8 Å². The lowest BCUT2D eigenvalue weighted by Crippen LogP contribution is -2.41. The molecule has 1 aromatic carbocycles. The quantitative estimate of drug-likeness (QED) is 0.868. The van der Waals surface area contributed by atoms with E-state index in [1.807, 2.05) is 4.90 Å². The van der Waals surface area contributed by atoms with Crippen molar-refractivity contribution >= 4 is 5.91 Å². The molecule has 0 atom stereocenters. The first kappa shape index (κ1) is 16.8. The molecule has 0 saturated carbocycles. The molecule has 0 unspecified atom stereocenters. The number of nitrogens with zero attached hydrogens (tertiary/aromatic N) is 2. The van der Waals surface area contributed by atoms with Gasteiger partial charge in [0, 0.05) is 25.3 Å². The minimum absolute atomic E-state index is 0.124. The van der Waals surface area contributed by atoms with Crippen LogP contribution in [0.1, 0.15) is 38.4 Å². The molecule has 128 valence electrons. The number of morpholine rings is 1. The summed E-state index contributed by atoms with van der Waals surface area (Å²) < 4.78 is 7.56. The first-order valence-electron chi connectivity index (χ1n) is 8.58. The van der Waals surface area contributed by atoms with Crippen molar-refractivity contribution in [3.63, 3.8) is 0 Å². The molecule has 0 spiro atoms. The summed E-state index contributed by atoms with van der Waals surface area (Å²) >= 11 is 0. The van der Waals surface area contributed by atoms with E-state index in [9.17, 15) is 4.79 Å². The van der Waals surface area contributed by atoms with E-state index in [4.69, 9.17) is 4.74 Å². The fourth-order valence-electron chi connectivity index (χ4n) is 3.29. The molecular formula is C20H26N2O2. The molecule has 1 aromatic heterocycles. The monoisotopic (exact) mass is 326 g/mol. The van der Waals surface area contributed by atoms with Crippen molar-refractivity contribution in [2.75, 3.05) is 26.3 Å². The Morgan fingerprint density at radius 2 is 1.62 bits per heavy atom. The highest BCUT2D eigenvalue weighted by molar-refractivity contribution is 5.95. The van der Waals surface area contributed by atoms with Crippen LogP contribution in [-0.2, 0) is 11.3 Å². The molecule has 4 heteroatoms. The number of rotatable bonds is 3. The summed E-state index contributed by atoms with van der Waals surface area (Å²) in [5.74, 6) is 0.124. The fourth-order valence-corrected chi connectivity index (χ4v) is 3.29. The predicted molar refractivity (Wildman–Crippen MR) is 95.6 cm³/mol.